The average molecular weight is 234 g/mol. The third-order valence-corrected chi connectivity index (χ3v) is 4.00. The van der Waals surface area contributed by atoms with Gasteiger partial charge in [-0.15, -0.1) is 11.3 Å². The molecule has 0 radical (unpaired) electrons. The van der Waals surface area contributed by atoms with E-state index in [0.29, 0.717) is 12.0 Å². The Hall–Kier alpha value is -1.26. The van der Waals surface area contributed by atoms with Crippen LogP contribution in [0.4, 0.5) is 4.39 Å². The smallest absolute Gasteiger partial charge is 0.123 e. The molecule has 2 atom stereocenters. The lowest BCUT2D eigenvalue weighted by atomic mass is 10.2. The van der Waals surface area contributed by atoms with Crippen molar-refractivity contribution in [1.29, 1.82) is 0 Å². The van der Waals surface area contributed by atoms with Crippen LogP contribution in [-0.2, 0) is 0 Å². The molecule has 0 amide bonds. The molecule has 2 aromatic rings. The molecule has 2 N–H and O–H groups in total. The first-order valence-corrected chi connectivity index (χ1v) is 6.03. The van der Waals surface area contributed by atoms with E-state index >= 15 is 0 Å². The van der Waals surface area contributed by atoms with Crippen LogP contribution in [0.3, 0.4) is 0 Å². The average Bonchev–Trinajstić information content (AvgIpc) is 2.82. The molecule has 1 heterocycles. The van der Waals surface area contributed by atoms with Crippen LogP contribution in [0.15, 0.2) is 30.5 Å². The lowest BCUT2D eigenvalue weighted by Crippen LogP contribution is -1.99. The van der Waals surface area contributed by atoms with Gasteiger partial charge < -0.3 is 5.73 Å². The van der Waals surface area contributed by atoms with Crippen molar-refractivity contribution in [3.8, 4) is 10.6 Å². The Morgan fingerprint density at radius 3 is 2.62 bits per heavy atom. The summed E-state index contributed by atoms with van der Waals surface area (Å²) in [6.45, 7) is 0. The molecular formula is C12H11FN2S. The summed E-state index contributed by atoms with van der Waals surface area (Å²) >= 11 is 1.65. The summed E-state index contributed by atoms with van der Waals surface area (Å²) in [6, 6.07) is 6.73. The van der Waals surface area contributed by atoms with Gasteiger partial charge in [-0.3, -0.25) is 0 Å². The van der Waals surface area contributed by atoms with E-state index in [0.717, 1.165) is 17.0 Å². The summed E-state index contributed by atoms with van der Waals surface area (Å²) in [5, 5.41) is 0.939. The van der Waals surface area contributed by atoms with Gasteiger partial charge in [-0.2, -0.15) is 0 Å². The third kappa shape index (κ3) is 1.74. The minimum Gasteiger partial charge on any atom is -0.327 e. The number of nitrogens with zero attached hydrogens (tertiary/aromatic N) is 1. The summed E-state index contributed by atoms with van der Waals surface area (Å²) < 4.78 is 12.8. The van der Waals surface area contributed by atoms with Crippen LogP contribution >= 0.6 is 11.3 Å². The lowest BCUT2D eigenvalue weighted by molar-refractivity contribution is 0.628. The van der Waals surface area contributed by atoms with Gasteiger partial charge in [0.25, 0.3) is 0 Å². The topological polar surface area (TPSA) is 38.9 Å². The number of halogens is 1. The second-order valence-electron chi connectivity index (χ2n) is 4.08. The lowest BCUT2D eigenvalue weighted by Gasteiger charge is -1.94. The summed E-state index contributed by atoms with van der Waals surface area (Å²) in [5.74, 6) is 0.274. The molecule has 1 aromatic heterocycles. The predicted molar refractivity (Wildman–Crippen MR) is 62.8 cm³/mol. The van der Waals surface area contributed by atoms with Gasteiger partial charge in [0.15, 0.2) is 0 Å². The van der Waals surface area contributed by atoms with Crippen LogP contribution in [0, 0.1) is 5.82 Å². The van der Waals surface area contributed by atoms with Gasteiger partial charge in [-0.25, -0.2) is 9.37 Å². The molecular weight excluding hydrogens is 223 g/mol. The van der Waals surface area contributed by atoms with Crippen molar-refractivity contribution in [3.05, 3.63) is 41.2 Å². The Morgan fingerprint density at radius 2 is 2.00 bits per heavy atom. The van der Waals surface area contributed by atoms with Crippen molar-refractivity contribution in [2.75, 3.05) is 0 Å². The van der Waals surface area contributed by atoms with E-state index in [1.54, 1.807) is 23.5 Å². The van der Waals surface area contributed by atoms with Crippen LogP contribution in [0.5, 0.6) is 0 Å². The summed E-state index contributed by atoms with van der Waals surface area (Å²) in [5.41, 5.74) is 6.76. The van der Waals surface area contributed by atoms with E-state index in [1.165, 1.54) is 17.0 Å². The van der Waals surface area contributed by atoms with Crippen LogP contribution in [0.2, 0.25) is 0 Å². The fourth-order valence-corrected chi connectivity index (χ4v) is 2.84. The number of hydrogen-bond donors (Lipinski definition) is 1. The maximum atomic E-state index is 12.8. The standard InChI is InChI=1S/C12H11FN2S/c13-8-3-1-7(2-4-8)12-15-6-11(16-12)9-5-10(9)14/h1-4,6,9-10H,5,14H2/t9-,10-/m1/s1. The Kier molecular flexibility index (Phi) is 2.26. The Morgan fingerprint density at radius 1 is 1.31 bits per heavy atom. The minimum atomic E-state index is -0.218. The Balaban J connectivity index is 1.89. The highest BCUT2D eigenvalue weighted by molar-refractivity contribution is 7.15. The Bertz CT molecular complexity index is 506. The minimum absolute atomic E-state index is 0.218. The molecule has 0 saturated heterocycles. The summed E-state index contributed by atoms with van der Waals surface area (Å²) in [6.07, 6.45) is 2.95. The molecule has 0 spiro atoms. The van der Waals surface area contributed by atoms with E-state index in [1.807, 2.05) is 6.20 Å². The maximum Gasteiger partial charge on any atom is 0.123 e. The van der Waals surface area contributed by atoms with Crippen LogP contribution in [-0.4, -0.2) is 11.0 Å². The first-order valence-electron chi connectivity index (χ1n) is 5.21. The van der Waals surface area contributed by atoms with E-state index in [-0.39, 0.29) is 5.82 Å². The van der Waals surface area contributed by atoms with Crippen LogP contribution < -0.4 is 5.73 Å². The quantitative estimate of drug-likeness (QED) is 0.867. The highest BCUT2D eigenvalue weighted by Crippen LogP contribution is 2.43. The number of aromatic nitrogens is 1. The normalized spacial score (nSPS) is 23.4. The number of thiazole rings is 1. The number of nitrogens with two attached hydrogens (primary N) is 1. The van der Waals surface area contributed by atoms with Crippen molar-refractivity contribution in [2.24, 2.45) is 5.73 Å². The van der Waals surface area contributed by atoms with Gasteiger partial charge in [0, 0.05) is 28.6 Å². The van der Waals surface area contributed by atoms with Crippen molar-refractivity contribution >= 4 is 11.3 Å². The van der Waals surface area contributed by atoms with Crippen LogP contribution in [0.25, 0.3) is 10.6 Å². The molecule has 0 aliphatic heterocycles. The molecule has 82 valence electrons. The van der Waals surface area contributed by atoms with E-state index in [9.17, 15) is 4.39 Å². The first kappa shape index (κ1) is 9.93. The van der Waals surface area contributed by atoms with Gasteiger partial charge in [-0.05, 0) is 30.7 Å². The van der Waals surface area contributed by atoms with Crippen molar-refractivity contribution in [3.63, 3.8) is 0 Å². The molecule has 1 aliphatic carbocycles. The first-order chi connectivity index (χ1) is 7.74. The molecule has 1 fully saturated rings. The van der Waals surface area contributed by atoms with Gasteiger partial charge >= 0.3 is 0 Å². The number of benzene rings is 1. The zero-order chi connectivity index (χ0) is 11.1. The van der Waals surface area contributed by atoms with Crippen molar-refractivity contribution in [1.82, 2.24) is 4.98 Å². The zero-order valence-electron chi connectivity index (χ0n) is 8.56. The third-order valence-electron chi connectivity index (χ3n) is 2.82. The maximum absolute atomic E-state index is 12.8. The molecule has 1 saturated carbocycles. The number of hydrogen-bond acceptors (Lipinski definition) is 3. The fourth-order valence-electron chi connectivity index (χ4n) is 1.73. The van der Waals surface area contributed by atoms with Gasteiger partial charge in [0.2, 0.25) is 0 Å². The summed E-state index contributed by atoms with van der Waals surface area (Å²) in [4.78, 5) is 5.59. The SMILES string of the molecule is N[C@@H]1C[C@H]1c1cnc(-c2ccc(F)cc2)s1. The van der Waals surface area contributed by atoms with Gasteiger partial charge in [0.1, 0.15) is 10.8 Å². The zero-order valence-corrected chi connectivity index (χ0v) is 9.38. The number of rotatable bonds is 2. The Labute approximate surface area is 96.9 Å². The van der Waals surface area contributed by atoms with E-state index in [4.69, 9.17) is 5.73 Å². The molecule has 1 aromatic carbocycles. The van der Waals surface area contributed by atoms with Gasteiger partial charge in [-0.1, -0.05) is 0 Å². The molecule has 16 heavy (non-hydrogen) atoms. The molecule has 4 heteroatoms. The largest absolute Gasteiger partial charge is 0.327 e. The second kappa shape index (κ2) is 3.64. The summed E-state index contributed by atoms with van der Waals surface area (Å²) in [7, 11) is 0. The van der Waals surface area contributed by atoms with Crippen LogP contribution in [0.1, 0.15) is 17.2 Å². The van der Waals surface area contributed by atoms with Crippen molar-refractivity contribution in [2.45, 2.75) is 18.4 Å². The molecule has 0 bridgehead atoms. The van der Waals surface area contributed by atoms with Gasteiger partial charge in [0.05, 0.1) is 0 Å². The highest BCUT2D eigenvalue weighted by Gasteiger charge is 2.36. The fraction of sp³-hybridized carbons (Fsp3) is 0.250. The predicted octanol–water partition coefficient (Wildman–Crippen LogP) is 2.76. The highest BCUT2D eigenvalue weighted by atomic mass is 32.1. The monoisotopic (exact) mass is 234 g/mol. The van der Waals surface area contributed by atoms with E-state index < -0.39 is 0 Å². The molecule has 3 rings (SSSR count). The molecule has 2 nitrogen and oxygen atoms in total. The van der Waals surface area contributed by atoms with E-state index in [2.05, 4.69) is 4.98 Å². The van der Waals surface area contributed by atoms with Crippen molar-refractivity contribution < 1.29 is 4.39 Å². The second-order valence-corrected chi connectivity index (χ2v) is 5.14. The molecule has 0 unspecified atom stereocenters. The molecule has 1 aliphatic rings.